The molecular weight excluding hydrogens is 609 g/mol. The van der Waals surface area contributed by atoms with Gasteiger partial charge in [0.25, 0.3) is 16.3 Å². The Morgan fingerprint density at radius 1 is 1.16 bits per heavy atom. The predicted molar refractivity (Wildman–Crippen MR) is 147 cm³/mol. The molecule has 1 aliphatic rings. The second kappa shape index (κ2) is 12.9. The molecule has 2 heterocycles. The molecule has 1 amide bonds. The van der Waals surface area contributed by atoms with Crippen molar-refractivity contribution in [3.05, 3.63) is 71.1 Å². The summed E-state index contributed by atoms with van der Waals surface area (Å²) in [6.45, 7) is 4.39. The first-order chi connectivity index (χ1) is 20.6. The lowest BCUT2D eigenvalue weighted by Crippen LogP contribution is -2.46. The number of ether oxygens (including phenoxy) is 1. The normalized spacial score (nSPS) is 16.7. The molecule has 17 heteroatoms. The summed E-state index contributed by atoms with van der Waals surface area (Å²) in [5, 5.41) is 20.4. The van der Waals surface area contributed by atoms with Gasteiger partial charge in [0.05, 0.1) is 40.3 Å². The average Bonchev–Trinajstić information content (AvgIpc) is 3.42. The number of nitrogens with one attached hydrogen (secondary N) is 1. The Morgan fingerprint density at radius 3 is 2.43 bits per heavy atom. The molecule has 4 rings (SSSR count). The molecule has 2 atom stereocenters. The maximum atomic E-state index is 13.5. The molecule has 1 saturated heterocycles. The number of aryl methyl sites for hydroxylation is 1. The Morgan fingerprint density at radius 2 is 1.82 bits per heavy atom. The van der Waals surface area contributed by atoms with Gasteiger partial charge in [-0.2, -0.15) is 18.3 Å². The van der Waals surface area contributed by atoms with E-state index >= 15 is 0 Å². The molecule has 1 aromatic heterocycles. The van der Waals surface area contributed by atoms with E-state index in [0.717, 1.165) is 40.4 Å². The molecule has 0 aliphatic carbocycles. The van der Waals surface area contributed by atoms with Crippen LogP contribution in [0.5, 0.6) is 0 Å². The van der Waals surface area contributed by atoms with Gasteiger partial charge in [0.15, 0.2) is 5.69 Å². The van der Waals surface area contributed by atoms with E-state index in [1.54, 1.807) is 24.3 Å². The van der Waals surface area contributed by atoms with Crippen LogP contribution >= 0.6 is 0 Å². The highest BCUT2D eigenvalue weighted by molar-refractivity contribution is 7.90. The Labute approximate surface area is 250 Å². The number of carbonyl (C=O) groups is 2. The van der Waals surface area contributed by atoms with Crippen LogP contribution in [0, 0.1) is 18.0 Å². The van der Waals surface area contributed by atoms with Crippen LogP contribution in [-0.4, -0.2) is 59.4 Å². The number of aromatic nitrogens is 2. The number of sulfonamides is 1. The third-order valence-electron chi connectivity index (χ3n) is 6.58. The third kappa shape index (κ3) is 7.83. The molecule has 2 aromatic carbocycles. The number of nitrogens with zero attached hydrogens (tertiary/aromatic N) is 5. The minimum absolute atomic E-state index is 0.0943. The SMILES string of the molecule is CC(=O)OC(C)ON=[N+]([O-])N1CCCC(C(=O)NS(=O)(=O)c2ccc(-n3nc(C(F)(F)F)cc3-c3ccc(C)cc3)cc2)C1. The third-order valence-corrected chi connectivity index (χ3v) is 7.95. The van der Waals surface area contributed by atoms with Crippen LogP contribution in [0.3, 0.4) is 0 Å². The fourth-order valence-corrected chi connectivity index (χ4v) is 5.47. The minimum Gasteiger partial charge on any atom is -0.569 e. The van der Waals surface area contributed by atoms with Crippen LogP contribution in [0.25, 0.3) is 16.9 Å². The van der Waals surface area contributed by atoms with E-state index in [1.807, 2.05) is 11.6 Å². The molecule has 2 unspecified atom stereocenters. The largest absolute Gasteiger partial charge is 0.569 e. The smallest absolute Gasteiger partial charge is 0.435 e. The van der Waals surface area contributed by atoms with Crippen molar-refractivity contribution in [3.8, 4) is 16.9 Å². The van der Waals surface area contributed by atoms with Gasteiger partial charge in [-0.25, -0.2) is 17.8 Å². The number of esters is 1. The fraction of sp³-hybridized carbons (Fsp3) is 0.370. The van der Waals surface area contributed by atoms with Gasteiger partial charge in [-0.15, -0.1) is 5.01 Å². The molecule has 0 bridgehead atoms. The van der Waals surface area contributed by atoms with E-state index < -0.39 is 46.0 Å². The highest BCUT2D eigenvalue weighted by Gasteiger charge is 2.36. The van der Waals surface area contributed by atoms with Crippen LogP contribution in [0.2, 0.25) is 0 Å². The summed E-state index contributed by atoms with van der Waals surface area (Å²) < 4.78 is 74.3. The molecule has 44 heavy (non-hydrogen) atoms. The summed E-state index contributed by atoms with van der Waals surface area (Å²) in [5.41, 5.74) is 0.573. The molecule has 3 aromatic rings. The number of benzene rings is 2. The monoisotopic (exact) mass is 638 g/mol. The van der Waals surface area contributed by atoms with Gasteiger partial charge in [-0.1, -0.05) is 29.8 Å². The van der Waals surface area contributed by atoms with E-state index in [-0.39, 0.29) is 40.8 Å². The lowest BCUT2D eigenvalue weighted by Gasteiger charge is -2.28. The predicted octanol–water partition coefficient (Wildman–Crippen LogP) is 4.10. The minimum atomic E-state index is -4.71. The van der Waals surface area contributed by atoms with Crippen molar-refractivity contribution >= 4 is 21.9 Å². The van der Waals surface area contributed by atoms with Gasteiger partial charge in [0.2, 0.25) is 11.2 Å². The quantitative estimate of drug-likeness (QED) is 0.120. The maximum Gasteiger partial charge on any atom is 0.435 e. The molecule has 0 spiro atoms. The molecule has 1 aliphatic heterocycles. The molecule has 1 fully saturated rings. The Hall–Kier alpha value is -4.67. The van der Waals surface area contributed by atoms with Gasteiger partial charge >= 0.3 is 12.1 Å². The summed E-state index contributed by atoms with van der Waals surface area (Å²) in [4.78, 5) is 28.4. The van der Waals surface area contributed by atoms with Crippen molar-refractivity contribution < 1.29 is 45.7 Å². The number of amides is 1. The van der Waals surface area contributed by atoms with Gasteiger partial charge in [0.1, 0.15) is 0 Å². The first-order valence-corrected chi connectivity index (χ1v) is 14.8. The number of alkyl halides is 3. The van der Waals surface area contributed by atoms with Crippen LogP contribution in [-0.2, 0) is 35.4 Å². The number of carbonyl (C=O) groups excluding carboxylic acids is 2. The summed E-state index contributed by atoms with van der Waals surface area (Å²) in [5.74, 6) is -2.39. The van der Waals surface area contributed by atoms with Crippen molar-refractivity contribution in [3.63, 3.8) is 0 Å². The van der Waals surface area contributed by atoms with Gasteiger partial charge in [-0.3, -0.25) is 14.4 Å². The highest BCUT2D eigenvalue weighted by atomic mass is 32.2. The van der Waals surface area contributed by atoms with E-state index in [0.29, 0.717) is 12.0 Å². The Kier molecular flexibility index (Phi) is 9.46. The van der Waals surface area contributed by atoms with Crippen molar-refractivity contribution in [2.45, 2.75) is 51.0 Å². The van der Waals surface area contributed by atoms with E-state index in [4.69, 9.17) is 9.57 Å². The topological polar surface area (TPSA) is 158 Å². The Balaban J connectivity index is 1.48. The Bertz CT molecular complexity index is 1640. The van der Waals surface area contributed by atoms with Gasteiger partial charge < -0.3 is 9.94 Å². The van der Waals surface area contributed by atoms with E-state index in [9.17, 15) is 36.4 Å². The lowest BCUT2D eigenvalue weighted by molar-refractivity contribution is -0.715. The van der Waals surface area contributed by atoms with Gasteiger partial charge in [0, 0.05) is 19.4 Å². The van der Waals surface area contributed by atoms with Gasteiger partial charge in [-0.05, 0) is 50.1 Å². The van der Waals surface area contributed by atoms with Crippen LogP contribution in [0.1, 0.15) is 37.9 Å². The summed E-state index contributed by atoms with van der Waals surface area (Å²) in [7, 11) is -4.38. The van der Waals surface area contributed by atoms with Crippen LogP contribution in [0.15, 0.2) is 64.8 Å². The molecule has 236 valence electrons. The first-order valence-electron chi connectivity index (χ1n) is 13.3. The highest BCUT2D eigenvalue weighted by Crippen LogP contribution is 2.33. The number of halogens is 3. The summed E-state index contributed by atoms with van der Waals surface area (Å²) in [6.07, 6.45) is -5.18. The number of hydrogen-bond acceptors (Lipinski definition) is 9. The zero-order valence-electron chi connectivity index (χ0n) is 23.8. The molecular formula is C27H29F3N6O7S. The van der Waals surface area contributed by atoms with Crippen LogP contribution in [0.4, 0.5) is 13.2 Å². The van der Waals surface area contributed by atoms with Crippen molar-refractivity contribution in [1.82, 2.24) is 19.5 Å². The first kappa shape index (κ1) is 32.2. The average molecular weight is 639 g/mol. The second-order valence-corrected chi connectivity index (χ2v) is 11.7. The maximum absolute atomic E-state index is 13.5. The van der Waals surface area contributed by atoms with Crippen molar-refractivity contribution in [2.75, 3.05) is 13.1 Å². The van der Waals surface area contributed by atoms with Crippen molar-refractivity contribution in [1.29, 1.82) is 0 Å². The van der Waals surface area contributed by atoms with E-state index in [2.05, 4.69) is 10.4 Å². The van der Waals surface area contributed by atoms with Crippen molar-refractivity contribution in [2.24, 2.45) is 11.2 Å². The number of rotatable bonds is 9. The second-order valence-electron chi connectivity index (χ2n) is 10.0. The molecule has 1 N–H and O–H groups in total. The standard InChI is InChI=1S/C27H29F3N6O7S/c1-17-6-8-20(9-7-17)24-15-25(27(28,29)30)31-35(24)22-10-12-23(13-11-22)44(40,41)32-26(38)21-5-4-14-34(16-21)36(39)33-43-19(3)42-18(2)37/h6-13,15,19,21H,4-5,14,16H2,1-3H3,(H,32,38). The number of hydrogen-bond donors (Lipinski definition) is 1. The zero-order valence-corrected chi connectivity index (χ0v) is 24.6. The summed E-state index contributed by atoms with van der Waals surface area (Å²) >= 11 is 0. The lowest BCUT2D eigenvalue weighted by atomic mass is 9.99. The summed E-state index contributed by atoms with van der Waals surface area (Å²) in [6, 6.07) is 12.5. The molecule has 13 nitrogen and oxygen atoms in total. The number of piperidine rings is 1. The molecule has 0 radical (unpaired) electrons. The van der Waals surface area contributed by atoms with Crippen LogP contribution < -0.4 is 4.72 Å². The number of hydrazine groups is 1. The molecule has 0 saturated carbocycles. The fourth-order valence-electron chi connectivity index (χ4n) is 4.43. The van der Waals surface area contributed by atoms with E-state index in [1.165, 1.54) is 19.1 Å². The zero-order chi connectivity index (χ0) is 32.2.